The molecule has 0 saturated heterocycles. The molecule has 0 amide bonds. The van der Waals surface area contributed by atoms with Gasteiger partial charge in [-0.2, -0.15) is 0 Å². The number of aryl methyl sites for hydroxylation is 3. The van der Waals surface area contributed by atoms with Gasteiger partial charge in [-0.05, 0) is 53.9 Å². The lowest BCUT2D eigenvalue weighted by molar-refractivity contribution is 0.973. The Balaban J connectivity index is 2.64. The Bertz CT molecular complexity index is 629. The van der Waals surface area contributed by atoms with Gasteiger partial charge in [0.1, 0.15) is 10.3 Å². The molecule has 3 nitrogen and oxygen atoms in total. The summed E-state index contributed by atoms with van der Waals surface area (Å²) in [6.45, 7) is 6.10. The molecule has 0 bridgehead atoms. The van der Waals surface area contributed by atoms with Crippen LogP contribution in [0.3, 0.4) is 0 Å². The van der Waals surface area contributed by atoms with Gasteiger partial charge in [-0.25, -0.2) is 9.97 Å². The first-order chi connectivity index (χ1) is 8.51. The van der Waals surface area contributed by atoms with Gasteiger partial charge in [0.2, 0.25) is 0 Å². The molecule has 0 aliphatic rings. The molecular formula is C13H14BrN3S. The fourth-order valence-corrected chi connectivity index (χ4v) is 2.52. The molecule has 2 rings (SSSR count). The second-order valence-electron chi connectivity index (χ2n) is 4.21. The Morgan fingerprint density at radius 2 is 2.00 bits per heavy atom. The Morgan fingerprint density at radius 3 is 2.61 bits per heavy atom. The van der Waals surface area contributed by atoms with Crippen LogP contribution in [0.15, 0.2) is 16.6 Å². The van der Waals surface area contributed by atoms with Crippen molar-refractivity contribution in [3.63, 3.8) is 0 Å². The van der Waals surface area contributed by atoms with Gasteiger partial charge in [-0.3, -0.25) is 0 Å². The number of pyridine rings is 1. The summed E-state index contributed by atoms with van der Waals surface area (Å²) in [6.07, 6.45) is 0.866. The zero-order chi connectivity index (χ0) is 13.3. The smallest absolute Gasteiger partial charge is 0.157 e. The number of nitrogens with zero attached hydrogens (tertiary/aromatic N) is 2. The fourth-order valence-electron chi connectivity index (χ4n) is 1.83. The number of aromatic nitrogens is 3. The summed E-state index contributed by atoms with van der Waals surface area (Å²) in [5, 5.41) is 0. The van der Waals surface area contributed by atoms with Gasteiger partial charge in [0.25, 0.3) is 0 Å². The van der Waals surface area contributed by atoms with E-state index in [0.29, 0.717) is 4.64 Å². The van der Waals surface area contributed by atoms with E-state index in [1.165, 1.54) is 5.56 Å². The summed E-state index contributed by atoms with van der Waals surface area (Å²) in [4.78, 5) is 12.2. The lowest BCUT2D eigenvalue weighted by atomic mass is 10.2. The van der Waals surface area contributed by atoms with Crippen LogP contribution in [0.2, 0.25) is 0 Å². The van der Waals surface area contributed by atoms with Crippen molar-refractivity contribution in [2.24, 2.45) is 0 Å². The zero-order valence-corrected chi connectivity index (χ0v) is 12.9. The van der Waals surface area contributed by atoms with Gasteiger partial charge < -0.3 is 4.98 Å². The third kappa shape index (κ3) is 2.67. The third-order valence-electron chi connectivity index (χ3n) is 2.63. The van der Waals surface area contributed by atoms with Crippen LogP contribution in [-0.4, -0.2) is 15.0 Å². The number of aromatic amines is 1. The largest absolute Gasteiger partial charge is 0.341 e. The van der Waals surface area contributed by atoms with Crippen molar-refractivity contribution in [1.29, 1.82) is 0 Å². The third-order valence-corrected chi connectivity index (χ3v) is 4.04. The predicted octanol–water partition coefficient (Wildman–Crippen LogP) is 4.14. The molecule has 0 aliphatic heterocycles. The molecule has 0 aromatic carbocycles. The second-order valence-corrected chi connectivity index (χ2v) is 5.39. The highest BCUT2D eigenvalue weighted by molar-refractivity contribution is 9.10. The first kappa shape index (κ1) is 13.4. The molecule has 94 valence electrons. The highest BCUT2D eigenvalue weighted by Crippen LogP contribution is 2.21. The molecule has 0 atom stereocenters. The Hall–Kier alpha value is -1.07. The summed E-state index contributed by atoms with van der Waals surface area (Å²) in [7, 11) is 0. The van der Waals surface area contributed by atoms with E-state index in [2.05, 4.69) is 37.8 Å². The summed E-state index contributed by atoms with van der Waals surface area (Å²) in [5.41, 5.74) is 4.03. The van der Waals surface area contributed by atoms with Crippen LogP contribution < -0.4 is 0 Å². The topological polar surface area (TPSA) is 41.6 Å². The normalized spacial score (nSPS) is 10.7. The Labute approximate surface area is 120 Å². The molecule has 2 aromatic heterocycles. The first-order valence-electron chi connectivity index (χ1n) is 5.75. The lowest BCUT2D eigenvalue weighted by Crippen LogP contribution is -1.99. The molecule has 2 heterocycles. The number of hydrogen-bond donors (Lipinski definition) is 1. The maximum Gasteiger partial charge on any atom is 0.157 e. The van der Waals surface area contributed by atoms with Crippen LogP contribution in [0, 0.1) is 18.5 Å². The summed E-state index contributed by atoms with van der Waals surface area (Å²) < 4.78 is 1.44. The van der Waals surface area contributed by atoms with E-state index < -0.39 is 0 Å². The predicted molar refractivity (Wildman–Crippen MR) is 79.2 cm³/mol. The van der Waals surface area contributed by atoms with Gasteiger partial charge in [-0.15, -0.1) is 0 Å². The van der Waals surface area contributed by atoms with Crippen molar-refractivity contribution in [1.82, 2.24) is 15.0 Å². The minimum absolute atomic E-state index is 0.571. The van der Waals surface area contributed by atoms with Gasteiger partial charge in [0.15, 0.2) is 5.82 Å². The van der Waals surface area contributed by atoms with Crippen molar-refractivity contribution >= 4 is 28.1 Å². The molecule has 2 aromatic rings. The Kier molecular flexibility index (Phi) is 3.92. The number of rotatable bonds is 2. The van der Waals surface area contributed by atoms with E-state index in [9.17, 15) is 0 Å². The van der Waals surface area contributed by atoms with Crippen LogP contribution >= 0.6 is 28.1 Å². The van der Waals surface area contributed by atoms with Crippen LogP contribution in [0.4, 0.5) is 0 Å². The van der Waals surface area contributed by atoms with Crippen molar-refractivity contribution < 1.29 is 0 Å². The van der Waals surface area contributed by atoms with Crippen LogP contribution in [0.25, 0.3) is 11.5 Å². The Morgan fingerprint density at radius 1 is 1.28 bits per heavy atom. The van der Waals surface area contributed by atoms with E-state index in [-0.39, 0.29) is 0 Å². The SMILES string of the molecule is CCc1[nH]c(-c2cc(C)cc(C)n2)nc(=S)c1Br. The number of hydrogen-bond acceptors (Lipinski definition) is 3. The molecule has 1 N–H and O–H groups in total. The first-order valence-corrected chi connectivity index (χ1v) is 6.95. The van der Waals surface area contributed by atoms with E-state index >= 15 is 0 Å². The van der Waals surface area contributed by atoms with Gasteiger partial charge in [0.05, 0.1) is 4.47 Å². The maximum absolute atomic E-state index is 5.25. The highest BCUT2D eigenvalue weighted by atomic mass is 79.9. The molecule has 0 unspecified atom stereocenters. The van der Waals surface area contributed by atoms with Crippen molar-refractivity contribution in [2.45, 2.75) is 27.2 Å². The van der Waals surface area contributed by atoms with Crippen molar-refractivity contribution in [3.8, 4) is 11.5 Å². The van der Waals surface area contributed by atoms with Gasteiger partial charge in [-0.1, -0.05) is 19.1 Å². The van der Waals surface area contributed by atoms with Crippen LogP contribution in [-0.2, 0) is 6.42 Å². The average molecular weight is 324 g/mol. The minimum atomic E-state index is 0.571. The van der Waals surface area contributed by atoms with Gasteiger partial charge in [0, 0.05) is 11.4 Å². The number of nitrogens with one attached hydrogen (secondary N) is 1. The fraction of sp³-hybridized carbons (Fsp3) is 0.308. The van der Waals surface area contributed by atoms with E-state index in [1.54, 1.807) is 0 Å². The standard InChI is InChI=1S/C13H14BrN3S/c1-4-9-11(14)13(18)17-12(16-9)10-6-7(2)5-8(3)15-10/h5-6H,4H2,1-3H3,(H,16,17,18). The minimum Gasteiger partial charge on any atom is -0.341 e. The van der Waals surface area contributed by atoms with Crippen molar-refractivity contribution in [3.05, 3.63) is 38.2 Å². The highest BCUT2D eigenvalue weighted by Gasteiger charge is 2.08. The molecule has 0 radical (unpaired) electrons. The molecule has 0 spiro atoms. The second kappa shape index (κ2) is 5.28. The van der Waals surface area contributed by atoms with E-state index in [0.717, 1.165) is 33.8 Å². The molecule has 0 saturated carbocycles. The van der Waals surface area contributed by atoms with Crippen molar-refractivity contribution in [2.75, 3.05) is 0 Å². The summed E-state index contributed by atoms with van der Waals surface area (Å²) >= 11 is 8.71. The van der Waals surface area contributed by atoms with E-state index in [4.69, 9.17) is 12.2 Å². The molecule has 5 heteroatoms. The number of H-pyrrole nitrogens is 1. The summed E-state index contributed by atoms with van der Waals surface area (Å²) in [5.74, 6) is 0.729. The molecule has 0 aliphatic carbocycles. The van der Waals surface area contributed by atoms with Gasteiger partial charge >= 0.3 is 0 Å². The average Bonchev–Trinajstić information content (AvgIpc) is 2.31. The lowest BCUT2D eigenvalue weighted by Gasteiger charge is -2.07. The van der Waals surface area contributed by atoms with Crippen LogP contribution in [0.1, 0.15) is 23.9 Å². The molecule has 18 heavy (non-hydrogen) atoms. The number of halogens is 1. The quantitative estimate of drug-likeness (QED) is 0.844. The zero-order valence-electron chi connectivity index (χ0n) is 10.5. The van der Waals surface area contributed by atoms with Crippen LogP contribution in [0.5, 0.6) is 0 Å². The maximum atomic E-state index is 5.25. The monoisotopic (exact) mass is 323 g/mol. The molecule has 0 fully saturated rings. The van der Waals surface area contributed by atoms with E-state index in [1.807, 2.05) is 26.0 Å². The summed E-state index contributed by atoms with van der Waals surface area (Å²) in [6, 6.07) is 4.05. The molecular weight excluding hydrogens is 310 g/mol.